The molecule has 0 unspecified atom stereocenters. The molecule has 0 saturated carbocycles. The van der Waals surface area contributed by atoms with Crippen molar-refractivity contribution in [2.24, 2.45) is 5.92 Å². The standard InChI is InChI=1S/C17H14ClN3/c1-11-15(9-19)14(16(10-20)12(2)21-11)8-17(18)13-6-4-3-5-7-13/h3-8,14,21H,1-2H3/b17-8-. The summed E-state index contributed by atoms with van der Waals surface area (Å²) in [6, 6.07) is 13.8. The minimum absolute atomic E-state index is 0.408. The van der Waals surface area contributed by atoms with E-state index in [-0.39, 0.29) is 0 Å². The SMILES string of the molecule is CC1=C(C#N)C(/C=C(\Cl)c2ccccc2)C(C#N)=C(C)N1. The van der Waals surface area contributed by atoms with Crippen LogP contribution in [-0.2, 0) is 0 Å². The summed E-state index contributed by atoms with van der Waals surface area (Å²) in [4.78, 5) is 0. The van der Waals surface area contributed by atoms with Gasteiger partial charge in [-0.1, -0.05) is 48.0 Å². The highest BCUT2D eigenvalue weighted by Gasteiger charge is 2.26. The fourth-order valence-electron chi connectivity index (χ4n) is 2.34. The van der Waals surface area contributed by atoms with Gasteiger partial charge in [0.15, 0.2) is 0 Å². The Kier molecular flexibility index (Phi) is 4.48. The van der Waals surface area contributed by atoms with E-state index in [4.69, 9.17) is 11.6 Å². The van der Waals surface area contributed by atoms with E-state index in [1.807, 2.05) is 44.2 Å². The zero-order chi connectivity index (χ0) is 15.4. The molecule has 0 amide bonds. The highest BCUT2D eigenvalue weighted by molar-refractivity contribution is 6.48. The number of dihydropyridines is 1. The van der Waals surface area contributed by atoms with Gasteiger partial charge in [-0.3, -0.25) is 0 Å². The predicted molar refractivity (Wildman–Crippen MR) is 83.5 cm³/mol. The van der Waals surface area contributed by atoms with Gasteiger partial charge < -0.3 is 5.32 Å². The quantitative estimate of drug-likeness (QED) is 0.894. The molecule has 0 radical (unpaired) electrons. The van der Waals surface area contributed by atoms with Gasteiger partial charge in [0.1, 0.15) is 0 Å². The molecule has 104 valence electrons. The summed E-state index contributed by atoms with van der Waals surface area (Å²) < 4.78 is 0. The molecule has 1 N–H and O–H groups in total. The Hall–Kier alpha value is -2.49. The summed E-state index contributed by atoms with van der Waals surface area (Å²) in [5.74, 6) is -0.408. The highest BCUT2D eigenvalue weighted by atomic mass is 35.5. The summed E-state index contributed by atoms with van der Waals surface area (Å²) in [6.45, 7) is 3.65. The Balaban J connectivity index is 2.51. The van der Waals surface area contributed by atoms with E-state index in [0.29, 0.717) is 16.2 Å². The van der Waals surface area contributed by atoms with E-state index >= 15 is 0 Å². The van der Waals surface area contributed by atoms with E-state index in [1.54, 1.807) is 6.08 Å². The second-order valence-corrected chi connectivity index (χ2v) is 5.19. The van der Waals surface area contributed by atoms with Crippen molar-refractivity contribution in [2.75, 3.05) is 0 Å². The Morgan fingerprint density at radius 3 is 2.10 bits per heavy atom. The molecule has 0 fully saturated rings. The largest absolute Gasteiger partial charge is 0.361 e. The molecule has 1 aliphatic rings. The first-order chi connectivity index (χ1) is 10.1. The number of hydrogen-bond donors (Lipinski definition) is 1. The van der Waals surface area contributed by atoms with Crippen LogP contribution in [0.3, 0.4) is 0 Å². The lowest BCUT2D eigenvalue weighted by Gasteiger charge is -2.24. The number of nitrogens with zero attached hydrogens (tertiary/aromatic N) is 2. The predicted octanol–water partition coefficient (Wildman–Crippen LogP) is 4.08. The zero-order valence-corrected chi connectivity index (χ0v) is 12.6. The molecular formula is C17H14ClN3. The van der Waals surface area contributed by atoms with Gasteiger partial charge >= 0.3 is 0 Å². The van der Waals surface area contributed by atoms with Gasteiger partial charge in [-0.05, 0) is 19.4 Å². The third kappa shape index (κ3) is 2.99. The molecule has 4 heteroatoms. The second kappa shape index (κ2) is 6.31. The van der Waals surface area contributed by atoms with Crippen LogP contribution in [0.25, 0.3) is 5.03 Å². The van der Waals surface area contributed by atoms with Crippen molar-refractivity contribution in [1.82, 2.24) is 5.32 Å². The number of allylic oxidation sites excluding steroid dienone is 5. The van der Waals surface area contributed by atoms with E-state index in [1.165, 1.54) is 0 Å². The summed E-state index contributed by atoms with van der Waals surface area (Å²) >= 11 is 6.36. The minimum atomic E-state index is -0.408. The molecule has 0 spiro atoms. The lowest BCUT2D eigenvalue weighted by molar-refractivity contribution is 0.799. The average Bonchev–Trinajstić information content (AvgIpc) is 2.48. The molecule has 0 aromatic heterocycles. The third-order valence-electron chi connectivity index (χ3n) is 3.41. The van der Waals surface area contributed by atoms with Gasteiger partial charge in [0.05, 0.1) is 29.2 Å². The maximum Gasteiger partial charge on any atom is 0.0975 e. The smallest absolute Gasteiger partial charge is 0.0975 e. The van der Waals surface area contributed by atoms with Crippen LogP contribution >= 0.6 is 11.6 Å². The topological polar surface area (TPSA) is 59.6 Å². The molecule has 1 aliphatic heterocycles. The van der Waals surface area contributed by atoms with Crippen LogP contribution in [-0.4, -0.2) is 0 Å². The van der Waals surface area contributed by atoms with Crippen LogP contribution < -0.4 is 5.32 Å². The average molecular weight is 296 g/mol. The molecule has 2 rings (SSSR count). The van der Waals surface area contributed by atoms with Crippen molar-refractivity contribution in [3.05, 3.63) is 64.5 Å². The van der Waals surface area contributed by atoms with Crippen LogP contribution in [0.1, 0.15) is 19.4 Å². The van der Waals surface area contributed by atoms with Crippen LogP contribution in [0.15, 0.2) is 58.9 Å². The number of hydrogen-bond acceptors (Lipinski definition) is 3. The minimum Gasteiger partial charge on any atom is -0.361 e. The Bertz CT molecular complexity index is 692. The van der Waals surface area contributed by atoms with E-state index in [0.717, 1.165) is 17.0 Å². The number of halogens is 1. The Morgan fingerprint density at radius 2 is 1.62 bits per heavy atom. The molecule has 0 aliphatic carbocycles. The molecular weight excluding hydrogens is 282 g/mol. The first-order valence-electron chi connectivity index (χ1n) is 6.50. The lowest BCUT2D eigenvalue weighted by atomic mass is 9.86. The maximum atomic E-state index is 9.36. The summed E-state index contributed by atoms with van der Waals surface area (Å²) in [6.07, 6.45) is 1.77. The van der Waals surface area contributed by atoms with Crippen LogP contribution in [0, 0.1) is 28.6 Å². The summed E-state index contributed by atoms with van der Waals surface area (Å²) in [5.41, 5.74) is 3.42. The van der Waals surface area contributed by atoms with Gasteiger partial charge in [0.25, 0.3) is 0 Å². The van der Waals surface area contributed by atoms with Gasteiger partial charge in [0.2, 0.25) is 0 Å². The number of rotatable bonds is 2. The van der Waals surface area contributed by atoms with Gasteiger partial charge in [-0.25, -0.2) is 0 Å². The number of nitrogens with one attached hydrogen (secondary N) is 1. The fraction of sp³-hybridized carbons (Fsp3) is 0.176. The molecule has 0 atom stereocenters. The van der Waals surface area contributed by atoms with Crippen molar-refractivity contribution in [1.29, 1.82) is 10.5 Å². The first-order valence-corrected chi connectivity index (χ1v) is 6.87. The fourth-order valence-corrected chi connectivity index (χ4v) is 2.59. The molecule has 3 nitrogen and oxygen atoms in total. The van der Waals surface area contributed by atoms with Crippen molar-refractivity contribution >= 4 is 16.6 Å². The van der Waals surface area contributed by atoms with Crippen molar-refractivity contribution in [2.45, 2.75) is 13.8 Å². The lowest BCUT2D eigenvalue weighted by Crippen LogP contribution is -2.23. The van der Waals surface area contributed by atoms with Crippen molar-refractivity contribution in [3.8, 4) is 12.1 Å². The molecule has 1 aromatic carbocycles. The van der Waals surface area contributed by atoms with E-state index in [2.05, 4.69) is 17.5 Å². The second-order valence-electron chi connectivity index (χ2n) is 4.78. The van der Waals surface area contributed by atoms with Crippen LogP contribution in [0.5, 0.6) is 0 Å². The van der Waals surface area contributed by atoms with Gasteiger partial charge in [-0.15, -0.1) is 0 Å². The van der Waals surface area contributed by atoms with Crippen LogP contribution in [0.2, 0.25) is 0 Å². The normalized spacial score (nSPS) is 16.3. The zero-order valence-electron chi connectivity index (χ0n) is 11.8. The number of benzene rings is 1. The molecule has 0 saturated heterocycles. The van der Waals surface area contributed by atoms with E-state index in [9.17, 15) is 10.5 Å². The Morgan fingerprint density at radius 1 is 1.10 bits per heavy atom. The first kappa shape index (κ1) is 14.9. The van der Waals surface area contributed by atoms with Gasteiger partial charge in [0, 0.05) is 16.4 Å². The Labute approximate surface area is 129 Å². The maximum absolute atomic E-state index is 9.36. The van der Waals surface area contributed by atoms with E-state index < -0.39 is 5.92 Å². The summed E-state index contributed by atoms with van der Waals surface area (Å²) in [7, 11) is 0. The molecule has 1 heterocycles. The highest BCUT2D eigenvalue weighted by Crippen LogP contribution is 2.33. The molecule has 1 aromatic rings. The van der Waals surface area contributed by atoms with Crippen molar-refractivity contribution < 1.29 is 0 Å². The molecule has 21 heavy (non-hydrogen) atoms. The summed E-state index contributed by atoms with van der Waals surface area (Å²) in [5, 5.41) is 22.3. The third-order valence-corrected chi connectivity index (χ3v) is 3.75. The van der Waals surface area contributed by atoms with Crippen molar-refractivity contribution in [3.63, 3.8) is 0 Å². The number of nitriles is 2. The van der Waals surface area contributed by atoms with Gasteiger partial charge in [-0.2, -0.15) is 10.5 Å². The molecule has 0 bridgehead atoms. The van der Waals surface area contributed by atoms with Crippen LogP contribution in [0.4, 0.5) is 0 Å². The monoisotopic (exact) mass is 295 g/mol.